The summed E-state index contributed by atoms with van der Waals surface area (Å²) >= 11 is 0. The Morgan fingerprint density at radius 1 is 0.957 bits per heavy atom. The van der Waals surface area contributed by atoms with E-state index in [1.54, 1.807) is 6.92 Å². The first-order valence-corrected chi connectivity index (χ1v) is 8.02. The molecule has 2 aromatic rings. The van der Waals surface area contributed by atoms with Crippen LogP contribution in [0.3, 0.4) is 0 Å². The van der Waals surface area contributed by atoms with Gasteiger partial charge < -0.3 is 4.55 Å². The Balaban J connectivity index is 0.000000469. The minimum atomic E-state index is -4.44. The van der Waals surface area contributed by atoms with E-state index >= 15 is 0 Å². The van der Waals surface area contributed by atoms with Crippen molar-refractivity contribution in [1.82, 2.24) is 0 Å². The second kappa shape index (κ2) is 11.5. The van der Waals surface area contributed by atoms with Crippen molar-refractivity contribution in [3.63, 3.8) is 0 Å². The standard InChI is InChI=1S/C13H10O.C3H8O4S.Na/c14-13(11-7-3-1-4-8-11)12-9-5-2-6-10-12;1-2-3-7-8(4,5)6;/h1-10H;2-3H2,1H3,(H,4,5,6);/q;;+1/p-1. The Bertz CT molecular complexity index is 631. The third-order valence-corrected chi connectivity index (χ3v) is 2.96. The average Bonchev–Trinajstić information content (AvgIpc) is 2.54. The second-order valence-corrected chi connectivity index (χ2v) is 5.34. The largest absolute Gasteiger partial charge is 1.00 e. The van der Waals surface area contributed by atoms with Crippen molar-refractivity contribution in [2.24, 2.45) is 0 Å². The molecule has 23 heavy (non-hydrogen) atoms. The van der Waals surface area contributed by atoms with Crippen LogP contribution in [-0.2, 0) is 14.6 Å². The van der Waals surface area contributed by atoms with Gasteiger partial charge in [0, 0.05) is 11.1 Å². The predicted octanol–water partition coefficient (Wildman–Crippen LogP) is -0.205. The van der Waals surface area contributed by atoms with E-state index in [0.717, 1.165) is 11.1 Å². The van der Waals surface area contributed by atoms with Crippen LogP contribution in [0.4, 0.5) is 0 Å². The third-order valence-electron chi connectivity index (χ3n) is 2.50. The average molecular weight is 344 g/mol. The van der Waals surface area contributed by atoms with Gasteiger partial charge in [0.05, 0.1) is 6.61 Å². The van der Waals surface area contributed by atoms with Crippen molar-refractivity contribution in [2.45, 2.75) is 13.3 Å². The van der Waals surface area contributed by atoms with Crippen LogP contribution in [0.5, 0.6) is 0 Å². The first-order valence-electron chi connectivity index (χ1n) is 6.69. The molecular formula is C16H17NaO5S. The Morgan fingerprint density at radius 3 is 1.61 bits per heavy atom. The van der Waals surface area contributed by atoms with E-state index in [0.29, 0.717) is 6.42 Å². The minimum Gasteiger partial charge on any atom is -0.726 e. The first kappa shape index (κ1) is 22.0. The van der Waals surface area contributed by atoms with Gasteiger partial charge in [0.15, 0.2) is 5.78 Å². The Kier molecular flexibility index (Phi) is 11.0. The molecule has 0 saturated carbocycles. The van der Waals surface area contributed by atoms with Gasteiger partial charge in [0.1, 0.15) is 0 Å². The summed E-state index contributed by atoms with van der Waals surface area (Å²) in [5, 5.41) is 0. The number of carbonyl (C=O) groups is 1. The van der Waals surface area contributed by atoms with Gasteiger partial charge >= 0.3 is 29.6 Å². The van der Waals surface area contributed by atoms with Crippen LogP contribution in [-0.4, -0.2) is 25.4 Å². The van der Waals surface area contributed by atoms with Gasteiger partial charge in [-0.25, -0.2) is 8.42 Å². The molecule has 0 amide bonds. The summed E-state index contributed by atoms with van der Waals surface area (Å²) in [5.74, 6) is 0.0752. The fourth-order valence-electron chi connectivity index (χ4n) is 1.53. The first-order chi connectivity index (χ1) is 10.4. The molecule has 0 aliphatic heterocycles. The molecule has 0 N–H and O–H groups in total. The molecule has 118 valence electrons. The Morgan fingerprint density at radius 2 is 1.35 bits per heavy atom. The maximum absolute atomic E-state index is 11.8. The molecule has 0 fully saturated rings. The van der Waals surface area contributed by atoms with Gasteiger partial charge in [-0.2, -0.15) is 0 Å². The zero-order chi connectivity index (χ0) is 16.4. The maximum Gasteiger partial charge on any atom is 1.00 e. The molecule has 0 heterocycles. The van der Waals surface area contributed by atoms with E-state index in [1.165, 1.54) is 0 Å². The fourth-order valence-corrected chi connectivity index (χ4v) is 1.90. The zero-order valence-electron chi connectivity index (χ0n) is 13.1. The number of rotatable bonds is 5. The van der Waals surface area contributed by atoms with Crippen molar-refractivity contribution in [3.05, 3.63) is 71.8 Å². The monoisotopic (exact) mass is 344 g/mol. The van der Waals surface area contributed by atoms with Crippen LogP contribution in [0.2, 0.25) is 0 Å². The normalized spacial score (nSPS) is 10.0. The van der Waals surface area contributed by atoms with Crippen LogP contribution in [0.15, 0.2) is 60.7 Å². The summed E-state index contributed by atoms with van der Waals surface area (Å²) in [5.41, 5.74) is 1.47. The number of hydrogen-bond acceptors (Lipinski definition) is 5. The SMILES string of the molecule is CCCOS(=O)(=O)[O-].O=C(c1ccccc1)c1ccccc1.[Na+]. The summed E-state index contributed by atoms with van der Waals surface area (Å²) in [7, 11) is -4.44. The van der Waals surface area contributed by atoms with Gasteiger partial charge in [-0.15, -0.1) is 0 Å². The third kappa shape index (κ3) is 9.65. The molecule has 5 nitrogen and oxygen atoms in total. The van der Waals surface area contributed by atoms with Gasteiger partial charge in [-0.1, -0.05) is 67.6 Å². The molecule has 0 spiro atoms. The predicted molar refractivity (Wildman–Crippen MR) is 82.3 cm³/mol. The van der Waals surface area contributed by atoms with Crippen molar-refractivity contribution >= 4 is 16.2 Å². The van der Waals surface area contributed by atoms with Gasteiger partial charge in [-0.3, -0.25) is 8.98 Å². The number of benzene rings is 2. The van der Waals surface area contributed by atoms with Crippen LogP contribution in [0.25, 0.3) is 0 Å². The van der Waals surface area contributed by atoms with Crippen LogP contribution in [0.1, 0.15) is 29.3 Å². The van der Waals surface area contributed by atoms with E-state index in [1.807, 2.05) is 60.7 Å². The van der Waals surface area contributed by atoms with Crippen LogP contribution < -0.4 is 29.6 Å². The van der Waals surface area contributed by atoms with E-state index in [4.69, 9.17) is 0 Å². The molecule has 0 bridgehead atoms. The summed E-state index contributed by atoms with van der Waals surface area (Å²) in [6.45, 7) is 1.69. The fraction of sp³-hybridized carbons (Fsp3) is 0.188. The number of ketones is 1. The molecule has 0 unspecified atom stereocenters. The summed E-state index contributed by atoms with van der Waals surface area (Å²) in [4.78, 5) is 11.8. The molecule has 0 radical (unpaired) electrons. The maximum atomic E-state index is 11.8. The van der Waals surface area contributed by atoms with Gasteiger partial charge in [0.2, 0.25) is 10.4 Å². The quantitative estimate of drug-likeness (QED) is 0.324. The van der Waals surface area contributed by atoms with Crippen molar-refractivity contribution < 1.29 is 51.5 Å². The van der Waals surface area contributed by atoms with E-state index in [-0.39, 0.29) is 41.9 Å². The molecule has 0 atom stereocenters. The van der Waals surface area contributed by atoms with E-state index < -0.39 is 10.4 Å². The topological polar surface area (TPSA) is 83.5 Å². The second-order valence-electron chi connectivity index (χ2n) is 4.29. The zero-order valence-corrected chi connectivity index (χ0v) is 16.0. The molecule has 7 heteroatoms. The molecule has 0 aliphatic carbocycles. The summed E-state index contributed by atoms with van der Waals surface area (Å²) in [6, 6.07) is 18.6. The van der Waals surface area contributed by atoms with Crippen LogP contribution >= 0.6 is 0 Å². The summed E-state index contributed by atoms with van der Waals surface area (Å²) in [6.07, 6.45) is 0.529. The van der Waals surface area contributed by atoms with Gasteiger partial charge in [0.25, 0.3) is 0 Å². The van der Waals surface area contributed by atoms with Crippen molar-refractivity contribution in [3.8, 4) is 0 Å². The van der Waals surface area contributed by atoms with Gasteiger partial charge in [-0.05, 0) is 6.42 Å². The van der Waals surface area contributed by atoms with E-state index in [2.05, 4.69) is 4.18 Å². The number of carbonyl (C=O) groups excluding carboxylic acids is 1. The Labute approximate surface area is 158 Å². The van der Waals surface area contributed by atoms with Crippen molar-refractivity contribution in [1.29, 1.82) is 0 Å². The summed E-state index contributed by atoms with van der Waals surface area (Å²) < 4.78 is 32.6. The molecule has 2 aromatic carbocycles. The molecular weight excluding hydrogens is 327 g/mol. The smallest absolute Gasteiger partial charge is 0.726 e. The number of hydrogen-bond donors (Lipinski definition) is 0. The van der Waals surface area contributed by atoms with Crippen molar-refractivity contribution in [2.75, 3.05) is 6.61 Å². The molecule has 2 rings (SSSR count). The van der Waals surface area contributed by atoms with Crippen LogP contribution in [0, 0.1) is 0 Å². The molecule has 0 aromatic heterocycles. The Hall–Kier alpha value is -1.02. The van der Waals surface area contributed by atoms with E-state index in [9.17, 15) is 17.8 Å². The minimum absolute atomic E-state index is 0. The molecule has 0 aliphatic rings. The molecule has 0 saturated heterocycles.